The third kappa shape index (κ3) is 2.95. The highest BCUT2D eigenvalue weighted by Crippen LogP contribution is 2.44. The molecule has 2 aliphatic rings. The van der Waals surface area contributed by atoms with Crippen molar-refractivity contribution in [1.29, 1.82) is 0 Å². The zero-order valence-corrected chi connectivity index (χ0v) is 13.8. The van der Waals surface area contributed by atoms with Gasteiger partial charge in [0.15, 0.2) is 11.5 Å². The number of aliphatic hydroxyl groups is 1. The first kappa shape index (κ1) is 15.6. The zero-order valence-electron chi connectivity index (χ0n) is 13.8. The van der Waals surface area contributed by atoms with Crippen molar-refractivity contribution in [3.63, 3.8) is 0 Å². The van der Waals surface area contributed by atoms with Crippen molar-refractivity contribution in [3.05, 3.63) is 23.8 Å². The number of nitrogens with one attached hydrogen (secondary N) is 1. The Morgan fingerprint density at radius 1 is 1.36 bits per heavy atom. The lowest BCUT2D eigenvalue weighted by Crippen LogP contribution is -2.36. The van der Waals surface area contributed by atoms with E-state index in [0.29, 0.717) is 5.92 Å². The number of hydrogen-bond donors (Lipinski definition) is 2. The Kier molecular flexibility index (Phi) is 4.33. The first-order valence-corrected chi connectivity index (χ1v) is 8.24. The Morgan fingerprint density at radius 3 is 2.77 bits per heavy atom. The van der Waals surface area contributed by atoms with Crippen molar-refractivity contribution >= 4 is 0 Å². The van der Waals surface area contributed by atoms with Gasteiger partial charge in [0.1, 0.15) is 0 Å². The predicted octanol–water partition coefficient (Wildman–Crippen LogP) is 2.56. The van der Waals surface area contributed by atoms with Crippen molar-refractivity contribution in [1.82, 2.24) is 5.32 Å². The lowest BCUT2D eigenvalue weighted by molar-refractivity contribution is 0.0549. The van der Waals surface area contributed by atoms with Gasteiger partial charge >= 0.3 is 0 Å². The molecule has 1 aromatic rings. The Labute approximate surface area is 132 Å². The normalized spacial score (nSPS) is 29.4. The monoisotopic (exact) mass is 305 g/mol. The highest BCUT2D eigenvalue weighted by Gasteiger charge is 2.43. The second kappa shape index (κ2) is 6.09. The largest absolute Gasteiger partial charge is 0.493 e. The Morgan fingerprint density at radius 2 is 2.14 bits per heavy atom. The van der Waals surface area contributed by atoms with E-state index in [0.717, 1.165) is 31.2 Å². The minimum Gasteiger partial charge on any atom is -0.493 e. The van der Waals surface area contributed by atoms with E-state index in [1.807, 2.05) is 13.0 Å². The minimum absolute atomic E-state index is 0.150. The summed E-state index contributed by atoms with van der Waals surface area (Å²) in [5.74, 6) is 2.60. The standard InChI is InChI=1S/C18H27NO3/c1-12(20)18(2)11-19-9-15(18)14-6-7-16(21-3)17(8-14)22-10-13-4-5-13/h6-8,12-13,15,19-20H,4-5,9-11H2,1-3H3. The van der Waals surface area contributed by atoms with Gasteiger partial charge in [0, 0.05) is 24.4 Å². The maximum Gasteiger partial charge on any atom is 0.161 e. The molecule has 1 saturated heterocycles. The van der Waals surface area contributed by atoms with Crippen LogP contribution in [0.3, 0.4) is 0 Å². The summed E-state index contributed by atoms with van der Waals surface area (Å²) in [5, 5.41) is 13.6. The molecule has 122 valence electrons. The van der Waals surface area contributed by atoms with Crippen LogP contribution in [-0.2, 0) is 0 Å². The van der Waals surface area contributed by atoms with Crippen LogP contribution in [0.5, 0.6) is 11.5 Å². The first-order valence-electron chi connectivity index (χ1n) is 8.24. The van der Waals surface area contributed by atoms with Crippen molar-refractivity contribution in [2.75, 3.05) is 26.8 Å². The van der Waals surface area contributed by atoms with E-state index < -0.39 is 0 Å². The van der Waals surface area contributed by atoms with Gasteiger partial charge in [0.2, 0.25) is 0 Å². The molecule has 3 unspecified atom stereocenters. The fourth-order valence-electron chi connectivity index (χ4n) is 3.29. The van der Waals surface area contributed by atoms with E-state index >= 15 is 0 Å². The molecule has 22 heavy (non-hydrogen) atoms. The second-order valence-electron chi connectivity index (χ2n) is 7.03. The topological polar surface area (TPSA) is 50.7 Å². The molecule has 0 amide bonds. The minimum atomic E-state index is -0.356. The Hall–Kier alpha value is -1.26. The molecule has 2 fully saturated rings. The maximum absolute atomic E-state index is 10.2. The van der Waals surface area contributed by atoms with Crippen LogP contribution >= 0.6 is 0 Å². The summed E-state index contributed by atoms with van der Waals surface area (Å²) in [7, 11) is 1.68. The van der Waals surface area contributed by atoms with Crippen LogP contribution in [0.2, 0.25) is 0 Å². The van der Waals surface area contributed by atoms with Crippen LogP contribution in [0, 0.1) is 11.3 Å². The van der Waals surface area contributed by atoms with E-state index in [1.54, 1.807) is 7.11 Å². The number of hydrogen-bond acceptors (Lipinski definition) is 4. The highest BCUT2D eigenvalue weighted by molar-refractivity contribution is 5.45. The molecule has 3 rings (SSSR count). The average Bonchev–Trinajstić information content (AvgIpc) is 3.25. The molecule has 1 aliphatic carbocycles. The lowest BCUT2D eigenvalue weighted by atomic mass is 9.72. The Bertz CT molecular complexity index is 527. The average molecular weight is 305 g/mol. The number of methoxy groups -OCH3 is 1. The fraction of sp³-hybridized carbons (Fsp3) is 0.667. The highest BCUT2D eigenvalue weighted by atomic mass is 16.5. The number of aliphatic hydroxyl groups excluding tert-OH is 1. The summed E-state index contributed by atoms with van der Waals surface area (Å²) in [6, 6.07) is 6.18. The van der Waals surface area contributed by atoms with Crippen molar-refractivity contribution in [2.45, 2.75) is 38.7 Å². The molecule has 0 spiro atoms. The number of ether oxygens (including phenoxy) is 2. The van der Waals surface area contributed by atoms with E-state index in [4.69, 9.17) is 9.47 Å². The fourth-order valence-corrected chi connectivity index (χ4v) is 3.29. The van der Waals surface area contributed by atoms with Crippen LogP contribution in [0.15, 0.2) is 18.2 Å². The van der Waals surface area contributed by atoms with Crippen LogP contribution in [0.25, 0.3) is 0 Å². The number of rotatable bonds is 6. The molecular formula is C18H27NO3. The molecular weight excluding hydrogens is 278 g/mol. The van der Waals surface area contributed by atoms with Gasteiger partial charge in [-0.1, -0.05) is 13.0 Å². The number of benzene rings is 1. The molecule has 1 saturated carbocycles. The molecule has 1 aromatic carbocycles. The molecule has 0 bridgehead atoms. The predicted molar refractivity (Wildman–Crippen MR) is 86.6 cm³/mol. The summed E-state index contributed by atoms with van der Waals surface area (Å²) < 4.78 is 11.4. The summed E-state index contributed by atoms with van der Waals surface area (Å²) in [5.41, 5.74) is 1.06. The second-order valence-corrected chi connectivity index (χ2v) is 7.03. The lowest BCUT2D eigenvalue weighted by Gasteiger charge is -2.34. The molecule has 4 nitrogen and oxygen atoms in total. The maximum atomic E-state index is 10.2. The zero-order chi connectivity index (χ0) is 15.7. The van der Waals surface area contributed by atoms with E-state index in [2.05, 4.69) is 24.4 Å². The third-order valence-corrected chi connectivity index (χ3v) is 5.37. The molecule has 3 atom stereocenters. The Balaban J connectivity index is 1.84. The van der Waals surface area contributed by atoms with Gasteiger partial charge in [-0.3, -0.25) is 0 Å². The van der Waals surface area contributed by atoms with Gasteiger partial charge in [0.25, 0.3) is 0 Å². The quantitative estimate of drug-likeness (QED) is 0.848. The van der Waals surface area contributed by atoms with Gasteiger partial charge in [-0.2, -0.15) is 0 Å². The summed E-state index contributed by atoms with van der Waals surface area (Å²) in [6.45, 7) is 6.52. The summed E-state index contributed by atoms with van der Waals surface area (Å²) >= 11 is 0. The smallest absolute Gasteiger partial charge is 0.161 e. The van der Waals surface area contributed by atoms with Crippen molar-refractivity contribution in [3.8, 4) is 11.5 Å². The third-order valence-electron chi connectivity index (χ3n) is 5.37. The summed E-state index contributed by atoms with van der Waals surface area (Å²) in [6.07, 6.45) is 2.19. The van der Waals surface area contributed by atoms with E-state index in [1.165, 1.54) is 18.4 Å². The molecule has 0 aromatic heterocycles. The van der Waals surface area contributed by atoms with E-state index in [9.17, 15) is 5.11 Å². The molecule has 2 N–H and O–H groups in total. The van der Waals surface area contributed by atoms with Gasteiger partial charge < -0.3 is 19.9 Å². The summed E-state index contributed by atoms with van der Waals surface area (Å²) in [4.78, 5) is 0. The SMILES string of the molecule is COc1ccc(C2CNCC2(C)C(C)O)cc1OCC1CC1. The van der Waals surface area contributed by atoms with Gasteiger partial charge in [-0.05, 0) is 43.4 Å². The van der Waals surface area contributed by atoms with Crippen molar-refractivity contribution in [2.24, 2.45) is 11.3 Å². The molecule has 4 heteroatoms. The molecule has 0 radical (unpaired) electrons. The molecule has 1 heterocycles. The first-order chi connectivity index (χ1) is 10.5. The van der Waals surface area contributed by atoms with Crippen LogP contribution in [-0.4, -0.2) is 38.0 Å². The van der Waals surface area contributed by atoms with Gasteiger partial charge in [-0.25, -0.2) is 0 Å². The van der Waals surface area contributed by atoms with Crippen molar-refractivity contribution < 1.29 is 14.6 Å². The van der Waals surface area contributed by atoms with Gasteiger partial charge in [0.05, 0.1) is 19.8 Å². The molecule has 1 aliphatic heterocycles. The van der Waals surface area contributed by atoms with Crippen LogP contribution in [0.1, 0.15) is 38.2 Å². The van der Waals surface area contributed by atoms with Crippen LogP contribution in [0.4, 0.5) is 0 Å². The van der Waals surface area contributed by atoms with Gasteiger partial charge in [-0.15, -0.1) is 0 Å². The van der Waals surface area contributed by atoms with Crippen LogP contribution < -0.4 is 14.8 Å². The van der Waals surface area contributed by atoms with E-state index in [-0.39, 0.29) is 17.4 Å².